The number of hydrogen-bond donors (Lipinski definition) is 1. The Morgan fingerprint density at radius 2 is 0.967 bits per heavy atom. The molecule has 8 heteroatoms. The van der Waals surface area contributed by atoms with E-state index in [2.05, 4.69) is 25.3 Å². The summed E-state index contributed by atoms with van der Waals surface area (Å²) in [6, 6.07) is 21.2. The predicted octanol–water partition coefficient (Wildman–Crippen LogP) is 1.05. The van der Waals surface area contributed by atoms with Gasteiger partial charge in [-0.3, -0.25) is 4.79 Å². The van der Waals surface area contributed by atoms with Crippen LogP contribution in [0, 0.1) is 0 Å². The Morgan fingerprint density at radius 3 is 1.40 bits per heavy atom. The van der Waals surface area contributed by atoms with Crippen LogP contribution in [0.15, 0.2) is 92.8 Å². The third-order valence-corrected chi connectivity index (χ3v) is 4.33. The van der Waals surface area contributed by atoms with Crippen molar-refractivity contribution >= 4 is 18.0 Å². The first-order valence-electron chi connectivity index (χ1n) is 9.09. The third-order valence-electron chi connectivity index (χ3n) is 4.33. The van der Waals surface area contributed by atoms with Crippen LogP contribution in [-0.4, -0.2) is 18.0 Å². The number of carbonyl (C=O) groups is 3. The van der Waals surface area contributed by atoms with Crippen molar-refractivity contribution in [2.45, 2.75) is 6.54 Å². The summed E-state index contributed by atoms with van der Waals surface area (Å²) in [6.07, 6.45) is 0. The van der Waals surface area contributed by atoms with Gasteiger partial charge in [-0.1, -0.05) is 42.5 Å². The largest absolute Gasteiger partial charge is 0.368 e. The van der Waals surface area contributed by atoms with Gasteiger partial charge in [-0.25, -0.2) is 9.59 Å². The van der Waals surface area contributed by atoms with E-state index in [-0.39, 0.29) is 5.91 Å². The molecule has 3 aromatic carbocycles. The molecule has 1 N–H and O–H groups in total. The quantitative estimate of drug-likeness (QED) is 0.612. The maximum Gasteiger partial charge on any atom is 0.368 e. The Hall–Kier alpha value is -4.33. The minimum absolute atomic E-state index is 0.0515. The molecule has 0 fully saturated rings. The highest BCUT2D eigenvalue weighted by molar-refractivity contribution is 5.98. The summed E-state index contributed by atoms with van der Waals surface area (Å²) in [6.45, 7) is 0.689. The average Bonchev–Trinajstić information content (AvgIpc) is 3.44. The number of rotatable bonds is 0. The molecule has 0 radical (unpaired) electrons. The molecule has 0 unspecified atom stereocenters. The number of urea groups is 2. The molecule has 0 aliphatic carbocycles. The maximum absolute atomic E-state index is 11.0. The molecule has 3 aliphatic rings. The summed E-state index contributed by atoms with van der Waals surface area (Å²) in [4.78, 5) is 46.7. The molecule has 3 aliphatic heterocycles. The fourth-order valence-electron chi connectivity index (χ4n) is 2.94. The van der Waals surface area contributed by atoms with Crippen LogP contribution < -0.4 is 26.7 Å². The van der Waals surface area contributed by atoms with Crippen molar-refractivity contribution in [2.24, 2.45) is 20.0 Å². The van der Waals surface area contributed by atoms with Gasteiger partial charge in [0.15, 0.2) is 0 Å². The van der Waals surface area contributed by atoms with Crippen LogP contribution in [0.2, 0.25) is 0 Å². The number of fused-ring (bicyclic) bond motifs is 3. The molecular formula is C22H15N5O3. The Balaban J connectivity index is 0.000000109. The SMILES string of the molecule is O=C1N=c2ccccc2=N1.O=C1N=c2ccccc2=N1.O=C1NCc2ccccc21. The van der Waals surface area contributed by atoms with Crippen molar-refractivity contribution in [3.05, 3.63) is 105 Å². The van der Waals surface area contributed by atoms with Gasteiger partial charge in [-0.2, -0.15) is 20.0 Å². The first-order chi connectivity index (χ1) is 14.6. The molecule has 0 atom stereocenters. The van der Waals surface area contributed by atoms with Crippen molar-refractivity contribution in [3.8, 4) is 0 Å². The summed E-state index contributed by atoms with van der Waals surface area (Å²) >= 11 is 0. The van der Waals surface area contributed by atoms with E-state index in [0.29, 0.717) is 28.0 Å². The molecule has 6 rings (SSSR count). The van der Waals surface area contributed by atoms with Gasteiger partial charge in [0.2, 0.25) is 0 Å². The zero-order valence-corrected chi connectivity index (χ0v) is 15.6. The number of hydrogen-bond acceptors (Lipinski definition) is 3. The number of benzene rings is 3. The topological polar surface area (TPSA) is 113 Å². The van der Waals surface area contributed by atoms with Gasteiger partial charge < -0.3 is 5.32 Å². The Morgan fingerprint density at radius 1 is 0.567 bits per heavy atom. The zero-order chi connectivity index (χ0) is 20.9. The molecule has 5 amide bonds. The van der Waals surface area contributed by atoms with E-state index in [4.69, 9.17) is 0 Å². The number of carbonyl (C=O) groups excluding carboxylic acids is 3. The molecule has 3 aromatic rings. The Bertz CT molecular complexity index is 1260. The van der Waals surface area contributed by atoms with Crippen molar-refractivity contribution in [1.82, 2.24) is 5.32 Å². The summed E-state index contributed by atoms with van der Waals surface area (Å²) in [5, 5.41) is 5.44. The number of para-hydroxylation sites is 4. The smallest absolute Gasteiger partial charge is 0.348 e. The van der Waals surface area contributed by atoms with Gasteiger partial charge in [0.25, 0.3) is 5.91 Å². The lowest BCUT2D eigenvalue weighted by molar-refractivity contribution is 0.0965. The summed E-state index contributed by atoms with van der Waals surface area (Å²) in [5.41, 5.74) is 1.93. The van der Waals surface area contributed by atoms with Crippen molar-refractivity contribution in [2.75, 3.05) is 0 Å². The summed E-state index contributed by atoms with van der Waals surface area (Å²) in [5.74, 6) is 0.0515. The molecule has 0 saturated heterocycles. The zero-order valence-electron chi connectivity index (χ0n) is 15.6. The molecule has 0 saturated carbocycles. The predicted molar refractivity (Wildman–Crippen MR) is 106 cm³/mol. The molecule has 8 nitrogen and oxygen atoms in total. The van der Waals surface area contributed by atoms with Crippen LogP contribution in [0.3, 0.4) is 0 Å². The normalized spacial score (nSPS) is 14.1. The minimum atomic E-state index is -0.402. The molecule has 3 heterocycles. The van der Waals surface area contributed by atoms with Crippen LogP contribution in [0.25, 0.3) is 0 Å². The van der Waals surface area contributed by atoms with Crippen molar-refractivity contribution in [1.29, 1.82) is 0 Å². The lowest BCUT2D eigenvalue weighted by Gasteiger charge is -1.89. The molecule has 30 heavy (non-hydrogen) atoms. The van der Waals surface area contributed by atoms with Crippen molar-refractivity contribution in [3.63, 3.8) is 0 Å². The molecular weight excluding hydrogens is 382 g/mol. The second-order valence-corrected chi connectivity index (χ2v) is 6.33. The van der Waals surface area contributed by atoms with Gasteiger partial charge >= 0.3 is 12.1 Å². The third kappa shape index (κ3) is 4.22. The van der Waals surface area contributed by atoms with Crippen LogP contribution in [0.4, 0.5) is 9.59 Å². The minimum Gasteiger partial charge on any atom is -0.348 e. The molecule has 0 bridgehead atoms. The number of nitrogens with zero attached hydrogens (tertiary/aromatic N) is 4. The first-order valence-corrected chi connectivity index (χ1v) is 9.09. The second-order valence-electron chi connectivity index (χ2n) is 6.33. The highest BCUT2D eigenvalue weighted by Gasteiger charge is 2.16. The van der Waals surface area contributed by atoms with E-state index in [1.165, 1.54) is 0 Å². The highest BCUT2D eigenvalue weighted by atomic mass is 16.2. The lowest BCUT2D eigenvalue weighted by Crippen LogP contribution is -2.19. The second kappa shape index (κ2) is 8.36. The highest BCUT2D eigenvalue weighted by Crippen LogP contribution is 2.13. The van der Waals surface area contributed by atoms with Crippen LogP contribution in [0.1, 0.15) is 15.9 Å². The van der Waals surface area contributed by atoms with E-state index < -0.39 is 12.1 Å². The van der Waals surface area contributed by atoms with E-state index in [9.17, 15) is 14.4 Å². The number of amides is 5. The average molecular weight is 397 g/mol. The van der Waals surface area contributed by atoms with Gasteiger partial charge in [0, 0.05) is 12.1 Å². The van der Waals surface area contributed by atoms with Gasteiger partial charge in [-0.05, 0) is 35.9 Å². The maximum atomic E-state index is 11.0. The summed E-state index contributed by atoms with van der Waals surface area (Å²) in [7, 11) is 0. The standard InChI is InChI=1S/C8H7NO.2C7H4N2O/c10-8-7-4-2-1-3-6(7)5-9-8;2*10-7-8-5-3-1-2-4-6(5)9-7/h1-4H,5H2,(H,9,10);2*1-4H. The van der Waals surface area contributed by atoms with Crippen LogP contribution in [-0.2, 0) is 6.54 Å². The van der Waals surface area contributed by atoms with Crippen LogP contribution >= 0.6 is 0 Å². The van der Waals surface area contributed by atoms with E-state index in [0.717, 1.165) is 11.1 Å². The Labute approximate surface area is 170 Å². The molecule has 146 valence electrons. The summed E-state index contributed by atoms with van der Waals surface area (Å²) < 4.78 is 0. The van der Waals surface area contributed by atoms with Gasteiger partial charge in [0.05, 0.1) is 21.4 Å². The fourth-order valence-corrected chi connectivity index (χ4v) is 2.94. The Kier molecular flexibility index (Phi) is 5.29. The van der Waals surface area contributed by atoms with Crippen LogP contribution in [0.5, 0.6) is 0 Å². The fraction of sp³-hybridized carbons (Fsp3) is 0.0455. The first kappa shape index (κ1) is 19.0. The lowest BCUT2D eigenvalue weighted by atomic mass is 10.1. The number of nitrogens with one attached hydrogen (secondary N) is 1. The van der Waals surface area contributed by atoms with E-state index in [1.807, 2.05) is 48.5 Å². The molecule has 0 spiro atoms. The molecule has 0 aromatic heterocycles. The van der Waals surface area contributed by atoms with E-state index >= 15 is 0 Å². The monoisotopic (exact) mass is 397 g/mol. The van der Waals surface area contributed by atoms with E-state index in [1.54, 1.807) is 24.3 Å². The van der Waals surface area contributed by atoms with Gasteiger partial charge in [-0.15, -0.1) is 0 Å². The van der Waals surface area contributed by atoms with Crippen molar-refractivity contribution < 1.29 is 14.4 Å². The van der Waals surface area contributed by atoms with Gasteiger partial charge in [0.1, 0.15) is 0 Å².